The molecule has 0 radical (unpaired) electrons. The van der Waals surface area contributed by atoms with Crippen LogP contribution in [0.15, 0.2) is 41.8 Å². The van der Waals surface area contributed by atoms with E-state index >= 15 is 0 Å². The highest BCUT2D eigenvalue weighted by molar-refractivity contribution is 7.09. The number of ketones is 1. The van der Waals surface area contributed by atoms with E-state index < -0.39 is 0 Å². The van der Waals surface area contributed by atoms with Crippen LogP contribution in [-0.4, -0.2) is 23.3 Å². The topological polar surface area (TPSA) is 20.3 Å². The van der Waals surface area contributed by atoms with Crippen LogP contribution < -0.4 is 0 Å². The fourth-order valence-corrected chi connectivity index (χ4v) is 2.88. The van der Waals surface area contributed by atoms with E-state index in [9.17, 15) is 4.79 Å². The van der Waals surface area contributed by atoms with E-state index in [0.717, 1.165) is 6.54 Å². The summed E-state index contributed by atoms with van der Waals surface area (Å²) >= 11 is 7.66. The summed E-state index contributed by atoms with van der Waals surface area (Å²) in [5.41, 5.74) is 0.675. The zero-order valence-electron chi connectivity index (χ0n) is 11.7. The van der Waals surface area contributed by atoms with E-state index in [-0.39, 0.29) is 5.78 Å². The van der Waals surface area contributed by atoms with Gasteiger partial charge in [-0.1, -0.05) is 29.8 Å². The lowest BCUT2D eigenvalue weighted by atomic mass is 10.1. The van der Waals surface area contributed by atoms with Crippen LogP contribution in [0.25, 0.3) is 0 Å². The Morgan fingerprint density at radius 1 is 1.30 bits per heavy atom. The molecule has 1 aromatic carbocycles. The van der Waals surface area contributed by atoms with E-state index in [2.05, 4.69) is 30.2 Å². The molecule has 1 aromatic heterocycles. The number of halogens is 1. The summed E-state index contributed by atoms with van der Waals surface area (Å²) in [6.07, 6.45) is 0. The molecule has 2 aromatic rings. The SMILES string of the molecule is CC(C)N(CC(=O)c1cccc(Cl)c1)Cc1cccs1. The van der Waals surface area contributed by atoms with Gasteiger partial charge in [-0.05, 0) is 37.4 Å². The van der Waals surface area contributed by atoms with Crippen molar-refractivity contribution in [3.05, 3.63) is 57.2 Å². The monoisotopic (exact) mass is 307 g/mol. The number of carbonyl (C=O) groups excluding carboxylic acids is 1. The first-order chi connectivity index (χ1) is 9.56. The first kappa shape index (κ1) is 15.2. The lowest BCUT2D eigenvalue weighted by Gasteiger charge is -2.25. The number of rotatable bonds is 6. The van der Waals surface area contributed by atoms with Crippen LogP contribution in [0.2, 0.25) is 5.02 Å². The van der Waals surface area contributed by atoms with Gasteiger partial charge in [-0.2, -0.15) is 0 Å². The molecule has 0 aliphatic carbocycles. The van der Waals surface area contributed by atoms with E-state index in [1.165, 1.54) is 4.88 Å². The van der Waals surface area contributed by atoms with Crippen molar-refractivity contribution in [1.82, 2.24) is 4.90 Å². The molecule has 0 saturated carbocycles. The number of thiophene rings is 1. The van der Waals surface area contributed by atoms with Crippen LogP contribution in [0, 0.1) is 0 Å². The third-order valence-electron chi connectivity index (χ3n) is 3.16. The van der Waals surface area contributed by atoms with Crippen molar-refractivity contribution >= 4 is 28.7 Å². The molecule has 0 bridgehead atoms. The van der Waals surface area contributed by atoms with E-state index in [0.29, 0.717) is 23.2 Å². The molecule has 20 heavy (non-hydrogen) atoms. The number of nitrogens with zero attached hydrogens (tertiary/aromatic N) is 1. The van der Waals surface area contributed by atoms with Crippen molar-refractivity contribution in [3.63, 3.8) is 0 Å². The Morgan fingerprint density at radius 2 is 2.10 bits per heavy atom. The molecule has 1 heterocycles. The molecule has 0 atom stereocenters. The molecular formula is C16H18ClNOS. The third kappa shape index (κ3) is 4.17. The van der Waals surface area contributed by atoms with E-state index in [1.54, 1.807) is 23.5 Å². The lowest BCUT2D eigenvalue weighted by molar-refractivity contribution is 0.0899. The molecule has 2 rings (SSSR count). The van der Waals surface area contributed by atoms with Gasteiger partial charge >= 0.3 is 0 Å². The van der Waals surface area contributed by atoms with Gasteiger partial charge in [0.05, 0.1) is 6.54 Å². The van der Waals surface area contributed by atoms with Crippen LogP contribution in [0.5, 0.6) is 0 Å². The molecule has 0 N–H and O–H groups in total. The smallest absolute Gasteiger partial charge is 0.176 e. The Morgan fingerprint density at radius 3 is 2.70 bits per heavy atom. The Hall–Kier alpha value is -1.16. The van der Waals surface area contributed by atoms with Crippen molar-refractivity contribution in [2.75, 3.05) is 6.54 Å². The Kier molecular flexibility index (Phi) is 5.35. The number of benzene rings is 1. The maximum Gasteiger partial charge on any atom is 0.176 e. The van der Waals surface area contributed by atoms with Crippen LogP contribution in [0.4, 0.5) is 0 Å². The highest BCUT2D eigenvalue weighted by Gasteiger charge is 2.16. The highest BCUT2D eigenvalue weighted by Crippen LogP contribution is 2.16. The number of hydrogen-bond donors (Lipinski definition) is 0. The maximum absolute atomic E-state index is 12.3. The molecule has 0 fully saturated rings. The summed E-state index contributed by atoms with van der Waals surface area (Å²) in [4.78, 5) is 15.8. The fraction of sp³-hybridized carbons (Fsp3) is 0.312. The second-order valence-electron chi connectivity index (χ2n) is 5.01. The second kappa shape index (κ2) is 7.02. The summed E-state index contributed by atoms with van der Waals surface area (Å²) < 4.78 is 0. The Bertz CT molecular complexity index is 566. The summed E-state index contributed by atoms with van der Waals surface area (Å²) in [5, 5.41) is 2.66. The zero-order valence-corrected chi connectivity index (χ0v) is 13.2. The molecular weight excluding hydrogens is 290 g/mol. The van der Waals surface area contributed by atoms with Gasteiger partial charge in [-0.15, -0.1) is 11.3 Å². The fourth-order valence-electron chi connectivity index (χ4n) is 1.96. The minimum absolute atomic E-state index is 0.109. The molecule has 0 spiro atoms. The van der Waals surface area contributed by atoms with Gasteiger partial charge in [0.25, 0.3) is 0 Å². The quantitative estimate of drug-likeness (QED) is 0.733. The minimum Gasteiger partial charge on any atom is -0.293 e. The van der Waals surface area contributed by atoms with E-state index in [1.807, 2.05) is 18.2 Å². The lowest BCUT2D eigenvalue weighted by Crippen LogP contribution is -2.35. The largest absolute Gasteiger partial charge is 0.293 e. The summed E-state index contributed by atoms with van der Waals surface area (Å²) in [5.74, 6) is 0.109. The molecule has 0 saturated heterocycles. The maximum atomic E-state index is 12.3. The first-order valence-electron chi connectivity index (χ1n) is 6.61. The first-order valence-corrected chi connectivity index (χ1v) is 7.87. The summed E-state index contributed by atoms with van der Waals surface area (Å²) in [7, 11) is 0. The molecule has 0 unspecified atom stereocenters. The molecule has 2 nitrogen and oxygen atoms in total. The van der Waals surface area contributed by atoms with Gasteiger partial charge in [0.2, 0.25) is 0 Å². The predicted molar refractivity (Wildman–Crippen MR) is 85.6 cm³/mol. The van der Waals surface area contributed by atoms with Gasteiger partial charge in [0.15, 0.2) is 5.78 Å². The average Bonchev–Trinajstić information content (AvgIpc) is 2.90. The van der Waals surface area contributed by atoms with Crippen molar-refractivity contribution in [2.24, 2.45) is 0 Å². The van der Waals surface area contributed by atoms with Crippen LogP contribution in [0.3, 0.4) is 0 Å². The zero-order chi connectivity index (χ0) is 14.5. The predicted octanol–water partition coefficient (Wildman–Crippen LogP) is 4.49. The van der Waals surface area contributed by atoms with Gasteiger partial charge in [-0.25, -0.2) is 0 Å². The number of hydrogen-bond acceptors (Lipinski definition) is 3. The highest BCUT2D eigenvalue weighted by atomic mass is 35.5. The third-order valence-corrected chi connectivity index (χ3v) is 4.26. The van der Waals surface area contributed by atoms with Crippen molar-refractivity contribution in [1.29, 1.82) is 0 Å². The normalized spacial score (nSPS) is 11.2. The van der Waals surface area contributed by atoms with Gasteiger partial charge in [0, 0.05) is 28.0 Å². The van der Waals surface area contributed by atoms with Crippen molar-refractivity contribution < 1.29 is 4.79 Å². The average molecular weight is 308 g/mol. The van der Waals surface area contributed by atoms with Crippen LogP contribution in [0.1, 0.15) is 29.1 Å². The van der Waals surface area contributed by atoms with E-state index in [4.69, 9.17) is 11.6 Å². The summed E-state index contributed by atoms with van der Waals surface area (Å²) in [6, 6.07) is 11.6. The Balaban J connectivity index is 2.06. The number of carbonyl (C=O) groups is 1. The molecule has 0 aliphatic rings. The van der Waals surface area contributed by atoms with Crippen LogP contribution in [-0.2, 0) is 6.54 Å². The van der Waals surface area contributed by atoms with Crippen molar-refractivity contribution in [3.8, 4) is 0 Å². The second-order valence-corrected chi connectivity index (χ2v) is 6.48. The Labute approximate surface area is 129 Å². The molecule has 0 amide bonds. The summed E-state index contributed by atoms with van der Waals surface area (Å²) in [6.45, 7) is 5.44. The molecule has 0 aliphatic heterocycles. The van der Waals surface area contributed by atoms with Crippen LogP contribution >= 0.6 is 22.9 Å². The van der Waals surface area contributed by atoms with Crippen molar-refractivity contribution in [2.45, 2.75) is 26.4 Å². The van der Waals surface area contributed by atoms with Gasteiger partial charge < -0.3 is 0 Å². The van der Waals surface area contributed by atoms with Gasteiger partial charge in [-0.3, -0.25) is 9.69 Å². The molecule has 106 valence electrons. The molecule has 4 heteroatoms. The van der Waals surface area contributed by atoms with Gasteiger partial charge in [0.1, 0.15) is 0 Å². The minimum atomic E-state index is 0.109. The standard InChI is InChI=1S/C16H18ClNOS/c1-12(2)18(10-15-7-4-8-20-15)11-16(19)13-5-3-6-14(17)9-13/h3-9,12H,10-11H2,1-2H3. The number of Topliss-reactive ketones (excluding diaryl/α,β-unsaturated/α-hetero) is 1.